The number of rotatable bonds is 3. The Balaban J connectivity index is 2.41. The number of methoxy groups -OCH3 is 1. The zero-order chi connectivity index (χ0) is 13.8. The highest BCUT2D eigenvalue weighted by atomic mass is 79.9. The molecule has 0 fully saturated rings. The molecule has 0 unspecified atom stereocenters. The van der Waals surface area contributed by atoms with Crippen LogP contribution >= 0.6 is 15.9 Å². The fourth-order valence-corrected chi connectivity index (χ4v) is 1.85. The smallest absolute Gasteiger partial charge is 0.341 e. The van der Waals surface area contributed by atoms with Gasteiger partial charge in [-0.25, -0.2) is 4.79 Å². The highest BCUT2D eigenvalue weighted by Crippen LogP contribution is 2.32. The molecular weight excluding hydrogens is 312 g/mol. The molecule has 1 aromatic carbocycles. The summed E-state index contributed by atoms with van der Waals surface area (Å²) in [6.45, 7) is 0. The lowest BCUT2D eigenvalue weighted by molar-refractivity contribution is 0.0598. The zero-order valence-electron chi connectivity index (χ0n) is 10.1. The van der Waals surface area contributed by atoms with Crippen molar-refractivity contribution in [2.24, 2.45) is 0 Å². The number of carbonyl (C=O) groups excluding carboxylic acids is 1. The molecule has 0 aliphatic heterocycles. The lowest BCUT2D eigenvalue weighted by Gasteiger charge is -2.12. The molecule has 0 spiro atoms. The number of nitrogen functional groups attached to an aromatic ring is 1. The van der Waals surface area contributed by atoms with Crippen LogP contribution in [0.5, 0.6) is 11.5 Å². The van der Waals surface area contributed by atoms with Crippen LogP contribution in [0.2, 0.25) is 0 Å². The first-order valence-corrected chi connectivity index (χ1v) is 6.16. The highest BCUT2D eigenvalue weighted by molar-refractivity contribution is 9.10. The van der Waals surface area contributed by atoms with Crippen LogP contribution in [-0.2, 0) is 4.74 Å². The predicted molar refractivity (Wildman–Crippen MR) is 74.2 cm³/mol. The van der Waals surface area contributed by atoms with Crippen molar-refractivity contribution in [2.75, 3.05) is 12.8 Å². The van der Waals surface area contributed by atoms with Gasteiger partial charge in [-0.3, -0.25) is 4.98 Å². The van der Waals surface area contributed by atoms with Crippen molar-refractivity contribution in [3.8, 4) is 11.5 Å². The van der Waals surface area contributed by atoms with Crippen LogP contribution in [0.15, 0.2) is 41.1 Å². The molecule has 2 N–H and O–H groups in total. The van der Waals surface area contributed by atoms with Gasteiger partial charge in [-0.1, -0.05) is 6.07 Å². The number of nitrogens with zero attached hydrogens (tertiary/aromatic N) is 1. The van der Waals surface area contributed by atoms with E-state index in [4.69, 9.17) is 15.2 Å². The SMILES string of the molecule is COC(=O)c1cccc(N)c1Oc1cncc(Br)c1. The molecule has 1 heterocycles. The molecule has 0 saturated heterocycles. The van der Waals surface area contributed by atoms with Crippen LogP contribution in [0.4, 0.5) is 5.69 Å². The topological polar surface area (TPSA) is 74.4 Å². The molecule has 0 aliphatic carbocycles. The van der Waals surface area contributed by atoms with Crippen molar-refractivity contribution in [3.05, 3.63) is 46.7 Å². The Hall–Kier alpha value is -2.08. The van der Waals surface area contributed by atoms with Crippen LogP contribution in [0, 0.1) is 0 Å². The number of hydrogen-bond acceptors (Lipinski definition) is 5. The zero-order valence-corrected chi connectivity index (χ0v) is 11.7. The summed E-state index contributed by atoms with van der Waals surface area (Å²) in [5.74, 6) is 0.219. The van der Waals surface area contributed by atoms with Gasteiger partial charge < -0.3 is 15.2 Å². The van der Waals surface area contributed by atoms with E-state index in [9.17, 15) is 4.79 Å². The highest BCUT2D eigenvalue weighted by Gasteiger charge is 2.16. The molecule has 0 saturated carbocycles. The van der Waals surface area contributed by atoms with E-state index in [1.165, 1.54) is 13.3 Å². The van der Waals surface area contributed by atoms with Gasteiger partial charge in [-0.15, -0.1) is 0 Å². The normalized spacial score (nSPS) is 10.0. The van der Waals surface area contributed by atoms with Gasteiger partial charge in [0.2, 0.25) is 0 Å². The van der Waals surface area contributed by atoms with E-state index in [2.05, 4.69) is 20.9 Å². The first-order valence-electron chi connectivity index (χ1n) is 5.37. The second-order valence-electron chi connectivity index (χ2n) is 3.66. The fraction of sp³-hybridized carbons (Fsp3) is 0.0769. The third kappa shape index (κ3) is 3.03. The fourth-order valence-electron chi connectivity index (χ4n) is 1.51. The number of aromatic nitrogens is 1. The van der Waals surface area contributed by atoms with Gasteiger partial charge in [0.1, 0.15) is 11.3 Å². The summed E-state index contributed by atoms with van der Waals surface area (Å²) in [4.78, 5) is 15.6. The van der Waals surface area contributed by atoms with Crippen LogP contribution in [-0.4, -0.2) is 18.1 Å². The Morgan fingerprint density at radius 3 is 2.84 bits per heavy atom. The van der Waals surface area contributed by atoms with Gasteiger partial charge in [0.05, 0.1) is 19.0 Å². The van der Waals surface area contributed by atoms with Gasteiger partial charge >= 0.3 is 5.97 Å². The number of anilines is 1. The summed E-state index contributed by atoms with van der Waals surface area (Å²) in [6, 6.07) is 6.62. The number of ether oxygens (including phenoxy) is 2. The van der Waals surface area contributed by atoms with E-state index in [-0.39, 0.29) is 11.3 Å². The van der Waals surface area contributed by atoms with Gasteiger partial charge in [0.15, 0.2) is 5.75 Å². The maximum absolute atomic E-state index is 11.7. The summed E-state index contributed by atoms with van der Waals surface area (Å²) in [6.07, 6.45) is 3.15. The molecule has 19 heavy (non-hydrogen) atoms. The molecule has 2 aromatic rings. The molecule has 2 rings (SSSR count). The number of nitrogens with two attached hydrogens (primary N) is 1. The molecule has 6 heteroatoms. The molecular formula is C13H11BrN2O3. The van der Waals surface area contributed by atoms with Crippen molar-refractivity contribution < 1.29 is 14.3 Å². The average Bonchev–Trinajstić information content (AvgIpc) is 2.40. The van der Waals surface area contributed by atoms with E-state index >= 15 is 0 Å². The number of pyridine rings is 1. The maximum atomic E-state index is 11.7. The van der Waals surface area contributed by atoms with Crippen molar-refractivity contribution in [2.45, 2.75) is 0 Å². The minimum Gasteiger partial charge on any atom is -0.465 e. The standard InChI is InChI=1S/C13H11BrN2O3/c1-18-13(17)10-3-2-4-11(15)12(10)19-9-5-8(14)6-16-7-9/h2-7H,15H2,1H3. The number of benzene rings is 1. The lowest BCUT2D eigenvalue weighted by atomic mass is 10.1. The molecule has 98 valence electrons. The van der Waals surface area contributed by atoms with Crippen molar-refractivity contribution in [3.63, 3.8) is 0 Å². The predicted octanol–water partition coefficient (Wildman–Crippen LogP) is 3.01. The van der Waals surface area contributed by atoms with E-state index in [0.717, 1.165) is 4.47 Å². The molecule has 5 nitrogen and oxygen atoms in total. The lowest BCUT2D eigenvalue weighted by Crippen LogP contribution is -2.05. The van der Waals surface area contributed by atoms with Crippen LogP contribution in [0.3, 0.4) is 0 Å². The van der Waals surface area contributed by atoms with E-state index in [1.54, 1.807) is 30.5 Å². The number of hydrogen-bond donors (Lipinski definition) is 1. The minimum absolute atomic E-state index is 0.259. The maximum Gasteiger partial charge on any atom is 0.341 e. The quantitative estimate of drug-likeness (QED) is 0.694. The third-order valence-electron chi connectivity index (χ3n) is 2.35. The summed E-state index contributed by atoms with van der Waals surface area (Å²) in [5, 5.41) is 0. The Morgan fingerprint density at radius 2 is 2.16 bits per heavy atom. The number of halogens is 1. The van der Waals surface area contributed by atoms with Crippen LogP contribution in [0.1, 0.15) is 10.4 Å². The summed E-state index contributed by atoms with van der Waals surface area (Å²) in [7, 11) is 1.30. The number of carbonyl (C=O) groups is 1. The third-order valence-corrected chi connectivity index (χ3v) is 2.78. The first-order chi connectivity index (χ1) is 9.11. The second kappa shape index (κ2) is 5.71. The van der Waals surface area contributed by atoms with Crippen molar-refractivity contribution in [1.82, 2.24) is 4.98 Å². The largest absolute Gasteiger partial charge is 0.465 e. The monoisotopic (exact) mass is 322 g/mol. The van der Waals surface area contributed by atoms with Gasteiger partial charge in [-0.05, 0) is 34.1 Å². The Morgan fingerprint density at radius 1 is 1.37 bits per heavy atom. The molecule has 0 aliphatic rings. The molecule has 0 bridgehead atoms. The molecule has 0 radical (unpaired) electrons. The Kier molecular flexibility index (Phi) is 4.01. The van der Waals surface area contributed by atoms with Crippen LogP contribution in [0.25, 0.3) is 0 Å². The minimum atomic E-state index is -0.509. The molecule has 0 amide bonds. The summed E-state index contributed by atoms with van der Waals surface area (Å²) in [5.41, 5.74) is 6.45. The summed E-state index contributed by atoms with van der Waals surface area (Å²) < 4.78 is 11.1. The summed E-state index contributed by atoms with van der Waals surface area (Å²) >= 11 is 3.29. The van der Waals surface area contributed by atoms with Gasteiger partial charge in [-0.2, -0.15) is 0 Å². The Bertz CT molecular complexity index is 617. The molecule has 0 atom stereocenters. The van der Waals surface area contributed by atoms with E-state index < -0.39 is 5.97 Å². The number of esters is 1. The number of para-hydroxylation sites is 1. The van der Waals surface area contributed by atoms with Crippen LogP contribution < -0.4 is 10.5 Å². The first kappa shape index (κ1) is 13.4. The van der Waals surface area contributed by atoms with Crippen molar-refractivity contribution in [1.29, 1.82) is 0 Å². The van der Waals surface area contributed by atoms with Crippen molar-refractivity contribution >= 4 is 27.6 Å². The molecule has 1 aromatic heterocycles. The Labute approximate surface area is 118 Å². The van der Waals surface area contributed by atoms with Gasteiger partial charge in [0.25, 0.3) is 0 Å². The van der Waals surface area contributed by atoms with E-state index in [1.807, 2.05) is 0 Å². The van der Waals surface area contributed by atoms with Gasteiger partial charge in [0, 0.05) is 10.7 Å². The average molecular weight is 323 g/mol. The second-order valence-corrected chi connectivity index (χ2v) is 4.57. The van der Waals surface area contributed by atoms with E-state index in [0.29, 0.717) is 11.4 Å².